The Bertz CT molecular complexity index is 2320. The molecule has 12 heteroatoms. The summed E-state index contributed by atoms with van der Waals surface area (Å²) in [6, 6.07) is 15.7. The summed E-state index contributed by atoms with van der Waals surface area (Å²) < 4.78 is 11.8. The van der Waals surface area contributed by atoms with E-state index in [0.717, 1.165) is 140 Å². The highest BCUT2D eigenvalue weighted by atomic mass is 16.7. The number of aromatic nitrogens is 4. The minimum absolute atomic E-state index is 0.331. The molecule has 7 rings (SSSR count). The lowest BCUT2D eigenvalue weighted by molar-refractivity contribution is -0.277. The van der Waals surface area contributed by atoms with Crippen molar-refractivity contribution in [1.29, 1.82) is 0 Å². The topological polar surface area (TPSA) is 197 Å². The quantitative estimate of drug-likeness (QED) is 0.0373. The Morgan fingerprint density at radius 2 is 1.13 bits per heavy atom. The smallest absolute Gasteiger partial charge is 0.229 e. The lowest BCUT2D eigenvalue weighted by Crippen LogP contribution is -2.60. The summed E-state index contributed by atoms with van der Waals surface area (Å²) in [5, 5.41) is 65.2. The van der Waals surface area contributed by atoms with Gasteiger partial charge in [0.15, 0.2) is 0 Å². The molecule has 7 atom stereocenters. The second-order valence-corrected chi connectivity index (χ2v) is 17.1. The number of benzene rings is 1. The second kappa shape index (κ2) is 21.3. The number of aromatic amines is 2. The number of aryl methyl sites for hydroxylation is 2. The molecule has 8 bridgehead atoms. The molecule has 1 fully saturated rings. The number of fused-ring (bicyclic) bond motifs is 8. The highest BCUT2D eigenvalue weighted by molar-refractivity contribution is 5.92. The molecular formula is C50H66N4O8. The van der Waals surface area contributed by atoms with Gasteiger partial charge >= 0.3 is 0 Å². The summed E-state index contributed by atoms with van der Waals surface area (Å²) in [5.41, 5.74) is 10.4. The zero-order valence-electron chi connectivity index (χ0n) is 36.5. The number of H-pyrrole nitrogens is 2. The van der Waals surface area contributed by atoms with Crippen LogP contribution in [0.4, 0.5) is 0 Å². The van der Waals surface area contributed by atoms with Crippen LogP contribution in [0.2, 0.25) is 0 Å². The van der Waals surface area contributed by atoms with E-state index < -0.39 is 49.5 Å². The van der Waals surface area contributed by atoms with Crippen molar-refractivity contribution >= 4 is 34.2 Å². The van der Waals surface area contributed by atoms with Gasteiger partial charge in [0.25, 0.3) is 0 Å². The monoisotopic (exact) mass is 850 g/mol. The first-order valence-electron chi connectivity index (χ1n) is 23.1. The highest BCUT2D eigenvalue weighted by Gasteiger charge is 2.44. The summed E-state index contributed by atoms with van der Waals surface area (Å²) >= 11 is 0. The molecule has 1 aromatic carbocycles. The summed E-state index contributed by atoms with van der Waals surface area (Å²) in [4.78, 5) is 18.0. The number of unbranched alkanes of at least 4 members (excludes halogenated alkanes) is 9. The molecule has 3 aliphatic heterocycles. The number of hydrogen-bond acceptors (Lipinski definition) is 10. The van der Waals surface area contributed by atoms with Crippen molar-refractivity contribution in [2.45, 2.75) is 160 Å². The van der Waals surface area contributed by atoms with Gasteiger partial charge in [0.2, 0.25) is 6.29 Å². The Hall–Kier alpha value is -4.40. The minimum atomic E-state index is -1.58. The van der Waals surface area contributed by atoms with Crippen molar-refractivity contribution in [3.8, 4) is 16.9 Å². The molecule has 0 spiro atoms. The SMILES string of the molecule is CCCCCCc1c2nc(c(-c3cccc(O[C@@H]4OC(CO)[C@H](O)C(O)C4O)c3)c3ccc([nH]3)c(CCCCCC)c3ccc([nH]3)c(CCCCCC)c3nc1C(O)C3O)C=C2. The number of ether oxygens (including phenoxy) is 2. The Morgan fingerprint density at radius 3 is 1.76 bits per heavy atom. The van der Waals surface area contributed by atoms with Crippen LogP contribution in [-0.2, 0) is 24.0 Å². The Labute approximate surface area is 364 Å². The lowest BCUT2D eigenvalue weighted by Gasteiger charge is -2.39. The summed E-state index contributed by atoms with van der Waals surface area (Å²) in [5.74, 6) is 0.331. The van der Waals surface area contributed by atoms with Crippen LogP contribution >= 0.6 is 0 Å². The first-order valence-corrected chi connectivity index (χ1v) is 23.1. The van der Waals surface area contributed by atoms with E-state index in [1.165, 1.54) is 0 Å². The normalized spacial score (nSPS) is 22.4. The standard InChI is InChI=1S/C50H66N4O8/c1-4-7-10-13-19-32-35-22-23-37(51-35)33(20-14-11-8-5-2)43-46(57)47(58)44(54-43)34(21-15-12-9-6-3)38-25-27-40(53-38)42(39-26-24-36(32)52-39)30-17-16-18-31(28-30)61-50-49(60)48(59)45(56)41(29-55)62-50/h16-18,22-28,41,45-52,55-60H,4-15,19-21,29H2,1-3H3/t41?,45-,46?,47?,48?,49?,50+/m0/s1. The Balaban J connectivity index is 1.47. The van der Waals surface area contributed by atoms with Crippen LogP contribution in [0.3, 0.4) is 0 Å². The molecule has 0 amide bonds. The summed E-state index contributed by atoms with van der Waals surface area (Å²) in [6.07, 6.45) is 9.28. The molecule has 5 unspecified atom stereocenters. The van der Waals surface area contributed by atoms with Gasteiger partial charge in [0.1, 0.15) is 42.4 Å². The van der Waals surface area contributed by atoms with Gasteiger partial charge in [-0.2, -0.15) is 0 Å². The van der Waals surface area contributed by atoms with Crippen molar-refractivity contribution in [1.82, 2.24) is 19.9 Å². The van der Waals surface area contributed by atoms with Crippen molar-refractivity contribution in [3.05, 3.63) is 88.0 Å². The summed E-state index contributed by atoms with van der Waals surface area (Å²) in [7, 11) is 0. The molecule has 0 aliphatic carbocycles. The zero-order valence-corrected chi connectivity index (χ0v) is 36.5. The Kier molecular flexibility index (Phi) is 15.7. The third-order valence-corrected chi connectivity index (χ3v) is 12.6. The maximum absolute atomic E-state index is 11.9. The molecule has 8 N–H and O–H groups in total. The van der Waals surface area contributed by atoms with Gasteiger partial charge in [-0.15, -0.1) is 0 Å². The van der Waals surface area contributed by atoms with Gasteiger partial charge < -0.3 is 50.1 Å². The molecule has 0 saturated carbocycles. The zero-order chi connectivity index (χ0) is 43.8. The Morgan fingerprint density at radius 1 is 0.581 bits per heavy atom. The lowest BCUT2D eigenvalue weighted by atomic mass is 9.98. The fourth-order valence-corrected chi connectivity index (χ4v) is 9.04. The predicted octanol–water partition coefficient (Wildman–Crippen LogP) is 8.47. The van der Waals surface area contributed by atoms with Crippen LogP contribution in [0.15, 0.2) is 48.5 Å². The molecule has 1 saturated heterocycles. The number of rotatable bonds is 19. The van der Waals surface area contributed by atoms with E-state index in [2.05, 4.69) is 55.0 Å². The number of nitrogens with one attached hydrogen (secondary N) is 2. The maximum atomic E-state index is 11.9. The van der Waals surface area contributed by atoms with Gasteiger partial charge in [-0.05, 0) is 104 Å². The van der Waals surface area contributed by atoms with E-state index in [9.17, 15) is 30.6 Å². The van der Waals surface area contributed by atoms with Crippen LogP contribution in [0.5, 0.6) is 5.75 Å². The van der Waals surface area contributed by atoms with Gasteiger partial charge in [-0.3, -0.25) is 4.98 Å². The van der Waals surface area contributed by atoms with Crippen LogP contribution in [0.1, 0.15) is 149 Å². The average Bonchev–Trinajstić information content (AvgIpc) is 4.11. The van der Waals surface area contributed by atoms with Crippen molar-refractivity contribution in [2.75, 3.05) is 6.61 Å². The minimum Gasteiger partial charge on any atom is -0.462 e. The van der Waals surface area contributed by atoms with Gasteiger partial charge in [-0.1, -0.05) is 90.7 Å². The maximum Gasteiger partial charge on any atom is 0.229 e. The van der Waals surface area contributed by atoms with Crippen LogP contribution in [0.25, 0.3) is 45.3 Å². The molecule has 4 aromatic rings. The van der Waals surface area contributed by atoms with Crippen LogP contribution in [0, 0.1) is 0 Å². The highest BCUT2D eigenvalue weighted by Crippen LogP contribution is 2.40. The van der Waals surface area contributed by atoms with E-state index in [-0.39, 0.29) is 0 Å². The largest absolute Gasteiger partial charge is 0.462 e. The van der Waals surface area contributed by atoms with Gasteiger partial charge in [0, 0.05) is 33.2 Å². The average molecular weight is 851 g/mol. The first-order chi connectivity index (χ1) is 30.2. The molecule has 334 valence electrons. The van der Waals surface area contributed by atoms with Gasteiger partial charge in [-0.25, -0.2) is 4.98 Å². The van der Waals surface area contributed by atoms with Gasteiger partial charge in [0.05, 0.1) is 29.4 Å². The van der Waals surface area contributed by atoms with E-state index in [1.54, 1.807) is 6.07 Å². The fourth-order valence-electron chi connectivity index (χ4n) is 9.04. The first kappa shape index (κ1) is 45.6. The van der Waals surface area contributed by atoms with Crippen molar-refractivity contribution < 1.29 is 40.1 Å². The van der Waals surface area contributed by atoms with E-state index >= 15 is 0 Å². The molecule has 12 nitrogen and oxygen atoms in total. The summed E-state index contributed by atoms with van der Waals surface area (Å²) in [6.45, 7) is 6.02. The number of hydrogen-bond donors (Lipinski definition) is 8. The molecule has 62 heavy (non-hydrogen) atoms. The second-order valence-electron chi connectivity index (χ2n) is 17.1. The fraction of sp³-hybridized carbons (Fsp3) is 0.520. The molecule has 0 radical (unpaired) electrons. The number of nitrogens with zero attached hydrogens (tertiary/aromatic N) is 2. The predicted molar refractivity (Wildman–Crippen MR) is 243 cm³/mol. The third kappa shape index (κ3) is 10.0. The molecule has 6 heterocycles. The number of aliphatic hydroxyl groups excluding tert-OH is 6. The van der Waals surface area contributed by atoms with E-state index in [4.69, 9.17) is 19.4 Å². The number of aliphatic hydroxyl groups is 6. The van der Waals surface area contributed by atoms with E-state index in [0.29, 0.717) is 34.9 Å². The third-order valence-electron chi connectivity index (χ3n) is 12.6. The van der Waals surface area contributed by atoms with Crippen molar-refractivity contribution in [2.24, 2.45) is 0 Å². The molecular weight excluding hydrogens is 785 g/mol. The van der Waals surface area contributed by atoms with Crippen LogP contribution < -0.4 is 4.74 Å². The van der Waals surface area contributed by atoms with E-state index in [1.807, 2.05) is 30.4 Å². The van der Waals surface area contributed by atoms with Crippen LogP contribution in [-0.4, -0.2) is 87.9 Å². The molecule has 3 aliphatic rings. The van der Waals surface area contributed by atoms with Crippen molar-refractivity contribution in [3.63, 3.8) is 0 Å². The molecule has 3 aromatic heterocycles.